The summed E-state index contributed by atoms with van der Waals surface area (Å²) in [4.78, 5) is 12.2. The molecular weight excluding hydrogens is 444 g/mol. The fraction of sp³-hybridized carbons (Fsp3) is 0.235. The van der Waals surface area contributed by atoms with Crippen LogP contribution in [0.15, 0.2) is 45.8 Å². The molecule has 1 N–H and O–H groups in total. The number of nitrogens with zero attached hydrogens (tertiary/aromatic N) is 1. The molecule has 6 nitrogen and oxygen atoms in total. The van der Waals surface area contributed by atoms with Crippen molar-refractivity contribution in [2.45, 2.75) is 11.8 Å². The van der Waals surface area contributed by atoms with Gasteiger partial charge in [0.2, 0.25) is 10.0 Å². The van der Waals surface area contributed by atoms with E-state index in [1.165, 1.54) is 20.2 Å². The highest BCUT2D eigenvalue weighted by Crippen LogP contribution is 2.28. The third kappa shape index (κ3) is 4.97. The van der Waals surface area contributed by atoms with Crippen molar-refractivity contribution in [3.8, 4) is 5.75 Å². The summed E-state index contributed by atoms with van der Waals surface area (Å²) in [5.41, 5.74) is 0.959. The molecule has 2 rings (SSSR count). The van der Waals surface area contributed by atoms with Crippen LogP contribution in [-0.4, -0.2) is 39.3 Å². The van der Waals surface area contributed by atoms with Crippen LogP contribution in [0.1, 0.15) is 5.56 Å². The molecule has 0 aliphatic heterocycles. The Kier molecular flexibility index (Phi) is 6.68. The summed E-state index contributed by atoms with van der Waals surface area (Å²) >= 11 is 9.32. The number of anilines is 1. The molecule has 0 aromatic heterocycles. The van der Waals surface area contributed by atoms with Gasteiger partial charge in [0.1, 0.15) is 5.75 Å². The van der Waals surface area contributed by atoms with E-state index < -0.39 is 15.9 Å². The summed E-state index contributed by atoms with van der Waals surface area (Å²) < 4.78 is 32.0. The molecule has 26 heavy (non-hydrogen) atoms. The number of nitrogens with one attached hydrogen (secondary N) is 1. The van der Waals surface area contributed by atoms with E-state index in [0.717, 1.165) is 8.78 Å². The average Bonchev–Trinajstić information content (AvgIpc) is 2.55. The maximum absolute atomic E-state index is 12.3. The van der Waals surface area contributed by atoms with Gasteiger partial charge in [-0.25, -0.2) is 12.7 Å². The lowest BCUT2D eigenvalue weighted by Crippen LogP contribution is -2.24. The monoisotopic (exact) mass is 460 g/mol. The standard InChI is InChI=1S/C17H18BrClN2O4S/c1-11-4-6-13(9-16(11)26(23,24)21(2)3)20-17(22)10-25-15-7-5-12(18)8-14(15)19/h4-9H,10H2,1-3H3,(H,20,22). The Labute approximate surface area is 166 Å². The molecule has 0 aliphatic rings. The average molecular weight is 462 g/mol. The van der Waals surface area contributed by atoms with E-state index in [0.29, 0.717) is 22.0 Å². The summed E-state index contributed by atoms with van der Waals surface area (Å²) in [5, 5.41) is 3.00. The molecule has 0 bridgehead atoms. The predicted octanol–water partition coefficient (Wildman–Crippen LogP) is 3.68. The highest BCUT2D eigenvalue weighted by molar-refractivity contribution is 9.10. The number of halogens is 2. The van der Waals surface area contributed by atoms with E-state index in [1.54, 1.807) is 37.3 Å². The van der Waals surface area contributed by atoms with Crippen molar-refractivity contribution >= 4 is 49.1 Å². The number of rotatable bonds is 6. The Balaban J connectivity index is 2.10. The van der Waals surface area contributed by atoms with Crippen molar-refractivity contribution in [3.63, 3.8) is 0 Å². The largest absolute Gasteiger partial charge is 0.482 e. The van der Waals surface area contributed by atoms with Crippen LogP contribution < -0.4 is 10.1 Å². The molecule has 0 unspecified atom stereocenters. The zero-order chi connectivity index (χ0) is 19.5. The molecule has 2 aromatic rings. The van der Waals surface area contributed by atoms with Gasteiger partial charge in [-0.2, -0.15) is 0 Å². The number of benzene rings is 2. The van der Waals surface area contributed by atoms with E-state index in [4.69, 9.17) is 16.3 Å². The van der Waals surface area contributed by atoms with Gasteiger partial charge in [0.05, 0.1) is 9.92 Å². The minimum absolute atomic E-state index is 0.136. The second kappa shape index (κ2) is 8.39. The number of carbonyl (C=O) groups excluding carboxylic acids is 1. The molecule has 1 amide bonds. The number of amides is 1. The minimum Gasteiger partial charge on any atom is -0.482 e. The fourth-order valence-corrected chi connectivity index (χ4v) is 3.96. The number of carbonyl (C=O) groups is 1. The zero-order valence-electron chi connectivity index (χ0n) is 14.4. The van der Waals surface area contributed by atoms with Crippen LogP contribution >= 0.6 is 27.5 Å². The molecule has 140 valence electrons. The highest BCUT2D eigenvalue weighted by atomic mass is 79.9. The van der Waals surface area contributed by atoms with Crippen LogP contribution in [0.3, 0.4) is 0 Å². The lowest BCUT2D eigenvalue weighted by atomic mass is 10.2. The van der Waals surface area contributed by atoms with Gasteiger partial charge in [0.25, 0.3) is 5.91 Å². The first-order chi connectivity index (χ1) is 12.1. The van der Waals surface area contributed by atoms with Crippen LogP contribution in [0.2, 0.25) is 5.02 Å². The predicted molar refractivity (Wildman–Crippen MR) is 105 cm³/mol. The van der Waals surface area contributed by atoms with Crippen molar-refractivity contribution in [3.05, 3.63) is 51.5 Å². The van der Waals surface area contributed by atoms with Crippen LogP contribution in [0.4, 0.5) is 5.69 Å². The van der Waals surface area contributed by atoms with E-state index in [2.05, 4.69) is 21.2 Å². The molecule has 0 fully saturated rings. The molecule has 0 atom stereocenters. The first-order valence-electron chi connectivity index (χ1n) is 7.52. The first-order valence-corrected chi connectivity index (χ1v) is 10.1. The SMILES string of the molecule is Cc1ccc(NC(=O)COc2ccc(Br)cc2Cl)cc1S(=O)(=O)N(C)C. The van der Waals surface area contributed by atoms with Crippen molar-refractivity contribution in [2.75, 3.05) is 26.0 Å². The summed E-state index contributed by atoms with van der Waals surface area (Å²) in [6, 6.07) is 9.75. The van der Waals surface area contributed by atoms with Crippen molar-refractivity contribution < 1.29 is 17.9 Å². The van der Waals surface area contributed by atoms with Gasteiger partial charge in [-0.05, 0) is 42.8 Å². The Bertz CT molecular complexity index is 932. The zero-order valence-corrected chi connectivity index (χ0v) is 17.6. The number of sulfonamides is 1. The second-order valence-corrected chi connectivity index (χ2v) is 9.12. The third-order valence-electron chi connectivity index (χ3n) is 3.48. The lowest BCUT2D eigenvalue weighted by molar-refractivity contribution is -0.118. The number of hydrogen-bond donors (Lipinski definition) is 1. The quantitative estimate of drug-likeness (QED) is 0.712. The van der Waals surface area contributed by atoms with Crippen LogP contribution in [0.25, 0.3) is 0 Å². The normalized spacial score (nSPS) is 11.5. The van der Waals surface area contributed by atoms with Crippen molar-refractivity contribution in [2.24, 2.45) is 0 Å². The Hall–Kier alpha value is -1.61. The molecule has 0 saturated heterocycles. The van der Waals surface area contributed by atoms with E-state index in [9.17, 15) is 13.2 Å². The van der Waals surface area contributed by atoms with Crippen LogP contribution in [0, 0.1) is 6.92 Å². The Morgan fingerprint density at radius 3 is 2.54 bits per heavy atom. The fourth-order valence-electron chi connectivity index (χ4n) is 2.09. The number of ether oxygens (including phenoxy) is 1. The summed E-state index contributed by atoms with van der Waals surface area (Å²) in [7, 11) is -0.694. The van der Waals surface area contributed by atoms with Gasteiger partial charge >= 0.3 is 0 Å². The van der Waals surface area contributed by atoms with Gasteiger partial charge in [-0.1, -0.05) is 33.6 Å². The molecule has 0 radical (unpaired) electrons. The van der Waals surface area contributed by atoms with Gasteiger partial charge < -0.3 is 10.1 Å². The van der Waals surface area contributed by atoms with E-state index >= 15 is 0 Å². The molecule has 0 spiro atoms. The molecular formula is C17H18BrClN2O4S. The summed E-state index contributed by atoms with van der Waals surface area (Å²) in [6.07, 6.45) is 0. The topological polar surface area (TPSA) is 75.7 Å². The van der Waals surface area contributed by atoms with Gasteiger partial charge in [0, 0.05) is 24.3 Å². The summed E-state index contributed by atoms with van der Waals surface area (Å²) in [6.45, 7) is 1.44. The number of aryl methyl sites for hydroxylation is 1. The maximum Gasteiger partial charge on any atom is 0.262 e. The molecule has 2 aromatic carbocycles. The highest BCUT2D eigenvalue weighted by Gasteiger charge is 2.20. The summed E-state index contributed by atoms with van der Waals surface area (Å²) in [5.74, 6) is -0.0502. The second-order valence-electron chi connectivity index (χ2n) is 5.68. The molecule has 9 heteroatoms. The molecule has 0 heterocycles. The van der Waals surface area contributed by atoms with Gasteiger partial charge in [0.15, 0.2) is 6.61 Å². The Morgan fingerprint density at radius 1 is 1.23 bits per heavy atom. The Morgan fingerprint density at radius 2 is 1.92 bits per heavy atom. The van der Waals surface area contributed by atoms with Crippen molar-refractivity contribution in [1.82, 2.24) is 4.31 Å². The van der Waals surface area contributed by atoms with Crippen LogP contribution in [-0.2, 0) is 14.8 Å². The van der Waals surface area contributed by atoms with E-state index in [-0.39, 0.29) is 11.5 Å². The third-order valence-corrected chi connectivity index (χ3v) is 6.23. The minimum atomic E-state index is -3.60. The smallest absolute Gasteiger partial charge is 0.262 e. The molecule has 0 aliphatic carbocycles. The molecule has 0 saturated carbocycles. The lowest BCUT2D eigenvalue weighted by Gasteiger charge is -2.15. The van der Waals surface area contributed by atoms with E-state index in [1.807, 2.05) is 0 Å². The van der Waals surface area contributed by atoms with Crippen molar-refractivity contribution in [1.29, 1.82) is 0 Å². The maximum atomic E-state index is 12.3. The van der Waals surface area contributed by atoms with Gasteiger partial charge in [-0.15, -0.1) is 0 Å². The van der Waals surface area contributed by atoms with Crippen LogP contribution in [0.5, 0.6) is 5.75 Å². The number of hydrogen-bond acceptors (Lipinski definition) is 4. The first kappa shape index (κ1) is 20.7. The van der Waals surface area contributed by atoms with Gasteiger partial charge in [-0.3, -0.25) is 4.79 Å².